The number of para-hydroxylation sites is 1. The lowest BCUT2D eigenvalue weighted by Crippen LogP contribution is -2.44. The molecule has 30 heavy (non-hydrogen) atoms. The van der Waals surface area contributed by atoms with Crippen LogP contribution in [0.1, 0.15) is 17.6 Å². The van der Waals surface area contributed by atoms with Crippen LogP contribution in [0.5, 0.6) is 0 Å². The topological polar surface area (TPSA) is 89.3 Å². The predicted molar refractivity (Wildman–Crippen MR) is 111 cm³/mol. The highest BCUT2D eigenvalue weighted by Gasteiger charge is 2.45. The standard InChI is InChI=1S/C22H17N3O4S/c26-21-11-10-19(25(21)30(28,29)15-6-2-1-3-7-15)22(27)24-18-9-5-4-8-16(18)17-12-13-23-14-20(17)24/h1-9,12-14,19H,10-11H2/t19-/m0/s1. The van der Waals surface area contributed by atoms with E-state index in [4.69, 9.17) is 0 Å². The van der Waals surface area contributed by atoms with Gasteiger partial charge in [0.05, 0.1) is 22.1 Å². The third-order valence-electron chi connectivity index (χ3n) is 5.44. The number of carbonyl (C=O) groups is 2. The third kappa shape index (κ3) is 2.64. The monoisotopic (exact) mass is 419 g/mol. The van der Waals surface area contributed by atoms with Crippen LogP contribution in [0.2, 0.25) is 0 Å². The molecular formula is C22H17N3O4S. The molecule has 150 valence electrons. The maximum atomic E-state index is 13.6. The molecule has 0 N–H and O–H groups in total. The van der Waals surface area contributed by atoms with Crippen molar-refractivity contribution in [3.63, 3.8) is 0 Å². The second-order valence-corrected chi connectivity index (χ2v) is 8.96. The first-order valence-corrected chi connectivity index (χ1v) is 10.9. The molecule has 2 aromatic carbocycles. The van der Waals surface area contributed by atoms with Gasteiger partial charge in [-0.1, -0.05) is 36.4 Å². The van der Waals surface area contributed by atoms with Crippen LogP contribution in [0.4, 0.5) is 0 Å². The Balaban J connectivity index is 1.67. The van der Waals surface area contributed by atoms with E-state index >= 15 is 0 Å². The highest BCUT2D eigenvalue weighted by atomic mass is 32.2. The number of hydrogen-bond donors (Lipinski definition) is 0. The van der Waals surface area contributed by atoms with E-state index in [1.54, 1.807) is 36.7 Å². The highest BCUT2D eigenvalue weighted by Crippen LogP contribution is 2.32. The fraction of sp³-hybridized carbons (Fsp3) is 0.136. The van der Waals surface area contributed by atoms with E-state index in [0.717, 1.165) is 15.1 Å². The molecule has 4 aromatic rings. The molecule has 0 bridgehead atoms. The molecule has 3 heterocycles. The Hall–Kier alpha value is -3.52. The van der Waals surface area contributed by atoms with Gasteiger partial charge < -0.3 is 0 Å². The maximum absolute atomic E-state index is 13.6. The Morgan fingerprint density at radius 3 is 2.43 bits per heavy atom. The molecule has 0 saturated carbocycles. The van der Waals surface area contributed by atoms with Crippen LogP contribution >= 0.6 is 0 Å². The summed E-state index contributed by atoms with van der Waals surface area (Å²) in [6, 6.07) is 15.8. The quantitative estimate of drug-likeness (QED) is 0.509. The van der Waals surface area contributed by atoms with Crippen molar-refractivity contribution in [3.8, 4) is 0 Å². The zero-order valence-corrected chi connectivity index (χ0v) is 16.6. The van der Waals surface area contributed by atoms with Crippen LogP contribution in [-0.2, 0) is 14.8 Å². The molecule has 0 spiro atoms. The molecule has 1 aliphatic rings. The Labute approximate surface area is 172 Å². The van der Waals surface area contributed by atoms with Crippen LogP contribution in [0.3, 0.4) is 0 Å². The van der Waals surface area contributed by atoms with Crippen molar-refractivity contribution >= 4 is 43.6 Å². The molecule has 2 aromatic heterocycles. The van der Waals surface area contributed by atoms with E-state index in [9.17, 15) is 18.0 Å². The molecule has 1 atom stereocenters. The zero-order chi connectivity index (χ0) is 20.9. The van der Waals surface area contributed by atoms with Gasteiger partial charge in [0, 0.05) is 23.4 Å². The summed E-state index contributed by atoms with van der Waals surface area (Å²) in [4.78, 5) is 30.3. The van der Waals surface area contributed by atoms with Crippen LogP contribution in [0.15, 0.2) is 78.0 Å². The van der Waals surface area contributed by atoms with E-state index in [0.29, 0.717) is 11.0 Å². The van der Waals surface area contributed by atoms with Gasteiger partial charge in [0.2, 0.25) is 5.91 Å². The van der Waals surface area contributed by atoms with Gasteiger partial charge in [0.15, 0.2) is 0 Å². The number of benzene rings is 2. The molecule has 7 nitrogen and oxygen atoms in total. The van der Waals surface area contributed by atoms with Gasteiger partial charge in [-0.05, 0) is 30.7 Å². The van der Waals surface area contributed by atoms with Gasteiger partial charge in [-0.3, -0.25) is 19.1 Å². The minimum atomic E-state index is -4.15. The summed E-state index contributed by atoms with van der Waals surface area (Å²) in [6.07, 6.45) is 3.37. The number of amides is 1. The summed E-state index contributed by atoms with van der Waals surface area (Å²) >= 11 is 0. The van der Waals surface area contributed by atoms with Crippen molar-refractivity contribution in [1.82, 2.24) is 13.9 Å². The summed E-state index contributed by atoms with van der Waals surface area (Å²) in [7, 11) is -4.15. The van der Waals surface area contributed by atoms with E-state index in [2.05, 4.69) is 4.98 Å². The number of carbonyl (C=O) groups excluding carboxylic acids is 2. The number of aromatic nitrogens is 2. The lowest BCUT2D eigenvalue weighted by Gasteiger charge is -2.24. The summed E-state index contributed by atoms with van der Waals surface area (Å²) in [5.74, 6) is -1.03. The fourth-order valence-electron chi connectivity index (χ4n) is 4.10. The summed E-state index contributed by atoms with van der Waals surface area (Å²) in [5.41, 5.74) is 1.24. The smallest absolute Gasteiger partial charge is 0.267 e. The Kier molecular flexibility index (Phi) is 4.18. The van der Waals surface area contributed by atoms with E-state index in [-0.39, 0.29) is 17.7 Å². The number of pyridine rings is 1. The van der Waals surface area contributed by atoms with E-state index in [1.807, 2.05) is 24.3 Å². The Morgan fingerprint density at radius 2 is 1.63 bits per heavy atom. The molecule has 0 radical (unpaired) electrons. The third-order valence-corrected chi connectivity index (χ3v) is 7.29. The zero-order valence-electron chi connectivity index (χ0n) is 15.8. The predicted octanol–water partition coefficient (Wildman–Crippen LogP) is 3.21. The summed E-state index contributed by atoms with van der Waals surface area (Å²) < 4.78 is 28.6. The Morgan fingerprint density at radius 1 is 0.933 bits per heavy atom. The van der Waals surface area contributed by atoms with Crippen molar-refractivity contribution in [2.24, 2.45) is 0 Å². The van der Waals surface area contributed by atoms with Crippen LogP contribution in [0, 0.1) is 0 Å². The van der Waals surface area contributed by atoms with Gasteiger partial charge in [0.1, 0.15) is 6.04 Å². The normalized spacial score (nSPS) is 17.1. The van der Waals surface area contributed by atoms with Crippen molar-refractivity contribution in [2.45, 2.75) is 23.8 Å². The second kappa shape index (κ2) is 6.77. The lowest BCUT2D eigenvalue weighted by atomic mass is 10.2. The van der Waals surface area contributed by atoms with Crippen molar-refractivity contribution in [2.75, 3.05) is 0 Å². The molecule has 8 heteroatoms. The minimum absolute atomic E-state index is 0.00213. The Bertz CT molecular complexity index is 1360. The van der Waals surface area contributed by atoms with Gasteiger partial charge in [-0.2, -0.15) is 0 Å². The van der Waals surface area contributed by atoms with Gasteiger partial charge in [0.25, 0.3) is 15.9 Å². The highest BCUT2D eigenvalue weighted by molar-refractivity contribution is 7.89. The van der Waals surface area contributed by atoms with Crippen molar-refractivity contribution in [1.29, 1.82) is 0 Å². The maximum Gasteiger partial charge on any atom is 0.267 e. The number of hydrogen-bond acceptors (Lipinski definition) is 5. The largest absolute Gasteiger partial charge is 0.276 e. The molecule has 1 aliphatic heterocycles. The van der Waals surface area contributed by atoms with Crippen LogP contribution in [-0.4, -0.2) is 40.1 Å². The molecule has 1 amide bonds. The van der Waals surface area contributed by atoms with Crippen LogP contribution in [0.25, 0.3) is 21.8 Å². The minimum Gasteiger partial charge on any atom is -0.276 e. The first-order chi connectivity index (χ1) is 14.5. The van der Waals surface area contributed by atoms with Gasteiger partial charge >= 0.3 is 0 Å². The molecular weight excluding hydrogens is 402 g/mol. The molecule has 1 fully saturated rings. The van der Waals surface area contributed by atoms with Crippen molar-refractivity contribution < 1.29 is 18.0 Å². The van der Waals surface area contributed by atoms with Gasteiger partial charge in [-0.15, -0.1) is 0 Å². The first-order valence-electron chi connectivity index (χ1n) is 9.50. The fourth-order valence-corrected chi connectivity index (χ4v) is 5.72. The molecule has 0 aliphatic carbocycles. The van der Waals surface area contributed by atoms with Crippen LogP contribution < -0.4 is 0 Å². The van der Waals surface area contributed by atoms with Crippen molar-refractivity contribution in [3.05, 3.63) is 73.1 Å². The first kappa shape index (κ1) is 18.5. The molecule has 5 rings (SSSR count). The van der Waals surface area contributed by atoms with E-state index in [1.165, 1.54) is 16.7 Å². The number of rotatable bonds is 3. The number of nitrogens with zero attached hydrogens (tertiary/aromatic N) is 3. The number of sulfonamides is 1. The summed E-state index contributed by atoms with van der Waals surface area (Å²) in [5, 5.41) is 1.71. The van der Waals surface area contributed by atoms with E-state index < -0.39 is 27.9 Å². The second-order valence-electron chi connectivity index (χ2n) is 7.15. The SMILES string of the molecule is O=C1CC[C@@H](C(=O)n2c3ccccc3c3ccncc32)N1S(=O)(=O)c1ccccc1. The molecule has 0 unspecified atom stereocenters. The summed E-state index contributed by atoms with van der Waals surface area (Å²) in [6.45, 7) is 0. The number of fused-ring (bicyclic) bond motifs is 3. The van der Waals surface area contributed by atoms with Gasteiger partial charge in [-0.25, -0.2) is 12.7 Å². The average molecular weight is 419 g/mol. The lowest BCUT2D eigenvalue weighted by molar-refractivity contribution is -0.124. The average Bonchev–Trinajstić information content (AvgIpc) is 3.32. The molecule has 1 saturated heterocycles.